The Bertz CT molecular complexity index is 1120. The minimum Gasteiger partial charge on any atom is -0.490 e. The number of esters is 1. The van der Waals surface area contributed by atoms with E-state index < -0.39 is 29.0 Å². The van der Waals surface area contributed by atoms with Gasteiger partial charge in [0, 0.05) is 5.56 Å². The van der Waals surface area contributed by atoms with Gasteiger partial charge < -0.3 is 14.2 Å². The molecule has 2 aromatic carbocycles. The molecule has 174 valence electrons. The zero-order valence-corrected chi connectivity index (χ0v) is 19.7. The number of hydrogen-bond acceptors (Lipinski definition) is 7. The predicted molar refractivity (Wildman–Crippen MR) is 123 cm³/mol. The first-order valence-electron chi connectivity index (χ1n) is 9.94. The Morgan fingerprint density at radius 1 is 1.24 bits per heavy atom. The van der Waals surface area contributed by atoms with Gasteiger partial charge in [-0.3, -0.25) is 14.5 Å². The van der Waals surface area contributed by atoms with Gasteiger partial charge in [0.1, 0.15) is 18.5 Å². The lowest BCUT2D eigenvalue weighted by Gasteiger charge is -2.18. The molecule has 0 N–H and O–H groups in total. The minimum atomic E-state index is -1.05. The van der Waals surface area contributed by atoms with Crippen molar-refractivity contribution in [3.63, 3.8) is 0 Å². The summed E-state index contributed by atoms with van der Waals surface area (Å²) in [5.41, 5.74) is 0.839. The summed E-state index contributed by atoms with van der Waals surface area (Å²) in [4.78, 5) is 37.8. The molecule has 1 heterocycles. The summed E-state index contributed by atoms with van der Waals surface area (Å²) in [5, 5.41) is -0.393. The zero-order valence-electron chi connectivity index (χ0n) is 18.1. The van der Waals surface area contributed by atoms with Crippen LogP contribution in [0.4, 0.5) is 9.18 Å². The Morgan fingerprint density at radius 2 is 1.97 bits per heavy atom. The SMILES string of the molecule is CCOc1cc(/C=C2/SC(=O)N([C@@H](C)C(=O)OC)C2=O)cc(Cl)c1OCc1ccccc1F. The number of nitrogens with zero attached hydrogens (tertiary/aromatic N) is 1. The molecule has 0 aliphatic carbocycles. The number of carbonyl (C=O) groups excluding carboxylic acids is 3. The number of halogens is 2. The number of ether oxygens (including phenoxy) is 3. The molecule has 3 rings (SSSR count). The van der Waals surface area contributed by atoms with Crippen LogP contribution in [0.25, 0.3) is 6.08 Å². The number of thioether (sulfide) groups is 1. The highest BCUT2D eigenvalue weighted by atomic mass is 35.5. The van der Waals surface area contributed by atoms with Crippen molar-refractivity contribution < 1.29 is 33.0 Å². The van der Waals surface area contributed by atoms with Crippen molar-refractivity contribution in [3.05, 3.63) is 63.3 Å². The van der Waals surface area contributed by atoms with Crippen molar-refractivity contribution in [2.75, 3.05) is 13.7 Å². The molecule has 0 bridgehead atoms. The smallest absolute Gasteiger partial charge is 0.328 e. The standard InChI is InChI=1S/C23H21ClFNO6S/c1-4-31-18-10-14(9-16(24)20(18)32-12-15-7-5-6-8-17(15)25)11-19-21(27)26(23(29)33-19)13(2)22(28)30-3/h5-11,13H,4,12H2,1-3H3/b19-11+/t13-/m0/s1. The number of benzene rings is 2. The molecule has 1 atom stereocenters. The fourth-order valence-electron chi connectivity index (χ4n) is 3.08. The molecular weight excluding hydrogens is 473 g/mol. The molecule has 1 fully saturated rings. The maximum Gasteiger partial charge on any atom is 0.328 e. The first-order valence-corrected chi connectivity index (χ1v) is 11.1. The van der Waals surface area contributed by atoms with Gasteiger partial charge in [-0.15, -0.1) is 0 Å². The summed E-state index contributed by atoms with van der Waals surface area (Å²) >= 11 is 7.11. The van der Waals surface area contributed by atoms with Crippen molar-refractivity contribution in [2.45, 2.75) is 26.5 Å². The number of hydrogen-bond donors (Lipinski definition) is 0. The second-order valence-electron chi connectivity index (χ2n) is 6.89. The molecule has 7 nitrogen and oxygen atoms in total. The minimum absolute atomic E-state index is 0.0594. The van der Waals surface area contributed by atoms with Gasteiger partial charge in [-0.05, 0) is 55.4 Å². The Morgan fingerprint density at radius 3 is 2.64 bits per heavy atom. The summed E-state index contributed by atoms with van der Waals surface area (Å²) in [5.74, 6) is -1.19. The first kappa shape index (κ1) is 24.6. The number of imide groups is 1. The van der Waals surface area contributed by atoms with Gasteiger partial charge in [0.25, 0.3) is 11.1 Å². The summed E-state index contributed by atoms with van der Waals surface area (Å²) in [7, 11) is 1.18. The van der Waals surface area contributed by atoms with E-state index in [0.29, 0.717) is 35.2 Å². The van der Waals surface area contributed by atoms with Crippen LogP contribution in [0.5, 0.6) is 11.5 Å². The highest BCUT2D eigenvalue weighted by molar-refractivity contribution is 8.18. The first-order chi connectivity index (χ1) is 15.8. The van der Waals surface area contributed by atoms with Crippen molar-refractivity contribution in [2.24, 2.45) is 0 Å². The molecule has 2 amide bonds. The van der Waals surface area contributed by atoms with Crippen molar-refractivity contribution in [3.8, 4) is 11.5 Å². The summed E-state index contributed by atoms with van der Waals surface area (Å²) < 4.78 is 29.9. The second-order valence-corrected chi connectivity index (χ2v) is 8.29. The van der Waals surface area contributed by atoms with Gasteiger partial charge in [-0.2, -0.15) is 0 Å². The van der Waals surface area contributed by atoms with Gasteiger partial charge >= 0.3 is 5.97 Å². The number of rotatable bonds is 8. The van der Waals surface area contributed by atoms with E-state index in [2.05, 4.69) is 4.74 Å². The van der Waals surface area contributed by atoms with E-state index in [9.17, 15) is 18.8 Å². The van der Waals surface area contributed by atoms with Crippen LogP contribution in [0.1, 0.15) is 25.0 Å². The van der Waals surface area contributed by atoms with E-state index in [-0.39, 0.29) is 22.3 Å². The van der Waals surface area contributed by atoms with E-state index in [1.54, 1.807) is 37.3 Å². The van der Waals surface area contributed by atoms with E-state index in [1.165, 1.54) is 26.2 Å². The maximum absolute atomic E-state index is 13.9. The molecule has 10 heteroatoms. The summed E-state index contributed by atoms with van der Waals surface area (Å²) in [6.45, 7) is 3.44. The fraction of sp³-hybridized carbons (Fsp3) is 0.261. The Hall–Kier alpha value is -3.04. The number of methoxy groups -OCH3 is 1. The summed E-state index contributed by atoms with van der Waals surface area (Å²) in [6, 6.07) is 8.31. The molecule has 33 heavy (non-hydrogen) atoms. The molecule has 0 saturated carbocycles. The van der Waals surface area contributed by atoms with Crippen LogP contribution in [0.15, 0.2) is 41.3 Å². The van der Waals surface area contributed by atoms with Crippen LogP contribution in [0.2, 0.25) is 5.02 Å². The lowest BCUT2D eigenvalue weighted by atomic mass is 10.1. The van der Waals surface area contributed by atoms with E-state index in [1.807, 2.05) is 0 Å². The van der Waals surface area contributed by atoms with Gasteiger partial charge in [-0.25, -0.2) is 9.18 Å². The van der Waals surface area contributed by atoms with E-state index in [0.717, 1.165) is 4.90 Å². The molecule has 0 radical (unpaired) electrons. The third-order valence-corrected chi connectivity index (χ3v) is 5.88. The third kappa shape index (κ3) is 5.48. The largest absolute Gasteiger partial charge is 0.490 e. The Balaban J connectivity index is 1.88. The number of carbonyl (C=O) groups is 3. The maximum atomic E-state index is 13.9. The average molecular weight is 494 g/mol. The Kier molecular flexibility index (Phi) is 7.99. The zero-order chi connectivity index (χ0) is 24.1. The monoisotopic (exact) mass is 493 g/mol. The van der Waals surface area contributed by atoms with Crippen molar-refractivity contribution in [1.82, 2.24) is 4.90 Å². The molecule has 1 aliphatic rings. The topological polar surface area (TPSA) is 82.1 Å². The lowest BCUT2D eigenvalue weighted by molar-refractivity contribution is -0.148. The van der Waals surface area contributed by atoms with Crippen molar-refractivity contribution in [1.29, 1.82) is 0 Å². The van der Waals surface area contributed by atoms with Crippen LogP contribution in [-0.2, 0) is 20.9 Å². The lowest BCUT2D eigenvalue weighted by Crippen LogP contribution is -2.42. The molecule has 2 aromatic rings. The quantitative estimate of drug-likeness (QED) is 0.375. The highest BCUT2D eigenvalue weighted by Gasteiger charge is 2.41. The summed E-state index contributed by atoms with van der Waals surface area (Å²) in [6.07, 6.45) is 1.48. The third-order valence-electron chi connectivity index (χ3n) is 4.71. The normalized spacial score (nSPS) is 15.7. The van der Waals surface area contributed by atoms with Crippen LogP contribution in [-0.4, -0.2) is 41.8 Å². The predicted octanol–water partition coefficient (Wildman–Crippen LogP) is 5.05. The van der Waals surface area contributed by atoms with Crippen LogP contribution in [0.3, 0.4) is 0 Å². The molecule has 1 saturated heterocycles. The molecular formula is C23H21ClFNO6S. The van der Waals surface area contributed by atoms with Crippen LogP contribution >= 0.6 is 23.4 Å². The Labute approximate surface area is 199 Å². The van der Waals surface area contributed by atoms with Crippen molar-refractivity contribution >= 4 is 46.6 Å². The molecule has 0 unspecified atom stereocenters. The van der Waals surface area contributed by atoms with Gasteiger partial charge in [0.15, 0.2) is 11.5 Å². The van der Waals surface area contributed by atoms with Crippen LogP contribution in [0, 0.1) is 5.82 Å². The van der Waals surface area contributed by atoms with E-state index >= 15 is 0 Å². The average Bonchev–Trinajstić information content (AvgIpc) is 3.06. The highest BCUT2D eigenvalue weighted by Crippen LogP contribution is 2.40. The molecule has 1 aliphatic heterocycles. The van der Waals surface area contributed by atoms with Crippen LogP contribution < -0.4 is 9.47 Å². The van der Waals surface area contributed by atoms with E-state index in [4.69, 9.17) is 21.1 Å². The van der Waals surface area contributed by atoms with Gasteiger partial charge in [-0.1, -0.05) is 29.8 Å². The number of amides is 2. The molecule has 0 spiro atoms. The fourth-order valence-corrected chi connectivity index (χ4v) is 4.26. The second kappa shape index (κ2) is 10.7. The molecule has 0 aromatic heterocycles. The van der Waals surface area contributed by atoms with Gasteiger partial charge in [0.05, 0.1) is 23.6 Å². The van der Waals surface area contributed by atoms with Gasteiger partial charge in [0.2, 0.25) is 0 Å².